The third-order valence-corrected chi connectivity index (χ3v) is 6.79. The Balaban J connectivity index is 1.34. The second kappa shape index (κ2) is 10.8. The number of aliphatic carboxylic acids is 1. The maximum absolute atomic E-state index is 13.6. The van der Waals surface area contributed by atoms with E-state index in [4.69, 9.17) is 4.74 Å². The van der Waals surface area contributed by atoms with Gasteiger partial charge in [0.05, 0.1) is 12.3 Å². The molecule has 1 fully saturated rings. The highest BCUT2D eigenvalue weighted by Gasteiger charge is 2.34. The fourth-order valence-corrected chi connectivity index (χ4v) is 5.06. The summed E-state index contributed by atoms with van der Waals surface area (Å²) in [6.07, 6.45) is -2.31. The van der Waals surface area contributed by atoms with Crippen molar-refractivity contribution in [2.45, 2.75) is 56.5 Å². The lowest BCUT2D eigenvalue weighted by molar-refractivity contribution is -0.144. The number of alkyl halides is 2. The van der Waals surface area contributed by atoms with Crippen molar-refractivity contribution in [3.63, 3.8) is 0 Å². The molecule has 4 rings (SSSR count). The van der Waals surface area contributed by atoms with Gasteiger partial charge in [-0.05, 0) is 35.1 Å². The molecule has 2 aliphatic carbocycles. The fraction of sp³-hybridized carbons (Fsp3) is 0.423. The van der Waals surface area contributed by atoms with Gasteiger partial charge in [-0.15, -0.1) is 0 Å². The van der Waals surface area contributed by atoms with Crippen molar-refractivity contribution in [1.82, 2.24) is 10.6 Å². The molecule has 1 saturated carbocycles. The van der Waals surface area contributed by atoms with Gasteiger partial charge in [-0.3, -0.25) is 9.59 Å². The van der Waals surface area contributed by atoms with Gasteiger partial charge in [0.25, 0.3) is 6.43 Å². The number of hydrogen-bond acceptors (Lipinski definition) is 4. The van der Waals surface area contributed by atoms with E-state index in [1.165, 1.54) is 0 Å². The molecule has 186 valence electrons. The summed E-state index contributed by atoms with van der Waals surface area (Å²) in [5.74, 6) is -2.71. The van der Waals surface area contributed by atoms with Crippen LogP contribution in [0.4, 0.5) is 13.6 Å². The SMILES string of the molecule is O=C(CC(NC(=O)OCC1c2ccccc2-c2ccccc21)C(F)F)N[C@@H]1CCCC[C@@H]1C(=O)O. The summed E-state index contributed by atoms with van der Waals surface area (Å²) in [5.41, 5.74) is 4.07. The largest absolute Gasteiger partial charge is 0.481 e. The van der Waals surface area contributed by atoms with Crippen LogP contribution < -0.4 is 10.6 Å². The minimum absolute atomic E-state index is 0.0373. The first-order valence-electron chi connectivity index (χ1n) is 11.8. The number of ether oxygens (including phenoxy) is 1. The zero-order valence-electron chi connectivity index (χ0n) is 19.1. The van der Waals surface area contributed by atoms with Crippen molar-refractivity contribution >= 4 is 18.0 Å². The first-order valence-corrected chi connectivity index (χ1v) is 11.8. The Kier molecular flexibility index (Phi) is 7.63. The number of carboxylic acid groups (broad SMARTS) is 1. The molecule has 0 aromatic heterocycles. The molecular formula is C26H28F2N2O5. The molecule has 2 aromatic rings. The average Bonchev–Trinajstić information content (AvgIpc) is 3.16. The predicted molar refractivity (Wildman–Crippen MR) is 124 cm³/mol. The monoisotopic (exact) mass is 486 g/mol. The lowest BCUT2D eigenvalue weighted by Crippen LogP contribution is -2.49. The molecule has 0 aliphatic heterocycles. The van der Waals surface area contributed by atoms with Crippen molar-refractivity contribution in [1.29, 1.82) is 0 Å². The van der Waals surface area contributed by atoms with E-state index in [1.807, 2.05) is 48.5 Å². The topological polar surface area (TPSA) is 105 Å². The molecule has 9 heteroatoms. The minimum atomic E-state index is -3.00. The molecule has 0 spiro atoms. The number of rotatable bonds is 8. The van der Waals surface area contributed by atoms with Gasteiger partial charge in [0, 0.05) is 12.0 Å². The Bertz CT molecular complexity index is 1050. The number of nitrogens with one attached hydrogen (secondary N) is 2. The highest BCUT2D eigenvalue weighted by molar-refractivity contribution is 5.80. The van der Waals surface area contributed by atoms with Crippen molar-refractivity contribution < 1.29 is 33.0 Å². The molecule has 0 radical (unpaired) electrons. The molecule has 7 nitrogen and oxygen atoms in total. The van der Waals surface area contributed by atoms with Crippen molar-refractivity contribution in [2.75, 3.05) is 6.61 Å². The Morgan fingerprint density at radius 1 is 0.971 bits per heavy atom. The van der Waals surface area contributed by atoms with Gasteiger partial charge in [-0.2, -0.15) is 0 Å². The van der Waals surface area contributed by atoms with Crippen LogP contribution in [0.25, 0.3) is 11.1 Å². The molecule has 2 aromatic carbocycles. The second-order valence-electron chi connectivity index (χ2n) is 9.02. The van der Waals surface area contributed by atoms with Crippen LogP contribution in [0, 0.1) is 5.92 Å². The van der Waals surface area contributed by atoms with Gasteiger partial charge in [0.1, 0.15) is 12.6 Å². The molecule has 3 N–H and O–H groups in total. The van der Waals surface area contributed by atoms with Gasteiger partial charge in [-0.1, -0.05) is 61.4 Å². The van der Waals surface area contributed by atoms with Crippen molar-refractivity contribution in [3.05, 3.63) is 59.7 Å². The van der Waals surface area contributed by atoms with E-state index in [9.17, 15) is 28.3 Å². The van der Waals surface area contributed by atoms with Gasteiger partial charge >= 0.3 is 12.1 Å². The number of carbonyl (C=O) groups is 3. The lowest BCUT2D eigenvalue weighted by Gasteiger charge is -2.29. The predicted octanol–water partition coefficient (Wildman–Crippen LogP) is 4.31. The molecule has 1 unspecified atom stereocenters. The number of alkyl carbamates (subject to hydrolysis) is 1. The highest BCUT2D eigenvalue weighted by Crippen LogP contribution is 2.44. The first kappa shape index (κ1) is 24.6. The first-order chi connectivity index (χ1) is 16.8. The summed E-state index contributed by atoms with van der Waals surface area (Å²) < 4.78 is 32.5. The number of amides is 2. The standard InChI is InChI=1S/C26H28F2N2O5/c27-24(28)22(13-23(31)29-21-12-6-5-11-19(21)25(32)33)30-26(34)35-14-20-17-9-3-1-7-15(17)16-8-2-4-10-18(16)20/h1-4,7-10,19-22,24H,5-6,11-14H2,(H,29,31)(H,30,34)(H,32,33)/t19-,21+,22?/m0/s1. The molecular weight excluding hydrogens is 458 g/mol. The molecule has 0 heterocycles. The van der Waals surface area contributed by atoms with Crippen LogP contribution in [0.3, 0.4) is 0 Å². The summed E-state index contributed by atoms with van der Waals surface area (Å²) in [7, 11) is 0. The maximum Gasteiger partial charge on any atom is 0.407 e. The normalized spacial score (nSPS) is 20.0. The molecule has 3 atom stereocenters. The number of hydrogen-bond donors (Lipinski definition) is 3. The Morgan fingerprint density at radius 3 is 2.17 bits per heavy atom. The van der Waals surface area contributed by atoms with Crippen LogP contribution in [-0.2, 0) is 14.3 Å². The second-order valence-corrected chi connectivity index (χ2v) is 9.02. The summed E-state index contributed by atoms with van der Waals surface area (Å²) in [6, 6.07) is 13.1. The van der Waals surface area contributed by atoms with Crippen LogP contribution in [0.15, 0.2) is 48.5 Å². The highest BCUT2D eigenvalue weighted by atomic mass is 19.3. The van der Waals surface area contributed by atoms with Gasteiger partial charge in [-0.25, -0.2) is 13.6 Å². The van der Waals surface area contributed by atoms with Gasteiger partial charge in [0.15, 0.2) is 0 Å². The molecule has 2 aliphatic rings. The van der Waals surface area contributed by atoms with Gasteiger partial charge in [0.2, 0.25) is 5.91 Å². The van der Waals surface area contributed by atoms with E-state index in [-0.39, 0.29) is 12.5 Å². The van der Waals surface area contributed by atoms with E-state index in [0.717, 1.165) is 35.1 Å². The van der Waals surface area contributed by atoms with E-state index < -0.39 is 48.8 Å². The Hall–Kier alpha value is -3.49. The Morgan fingerprint density at radius 2 is 1.57 bits per heavy atom. The summed E-state index contributed by atoms with van der Waals surface area (Å²) in [4.78, 5) is 36.2. The third-order valence-electron chi connectivity index (χ3n) is 6.79. The fourth-order valence-electron chi connectivity index (χ4n) is 5.06. The summed E-state index contributed by atoms with van der Waals surface area (Å²) in [5, 5.41) is 14.0. The number of carboxylic acids is 1. The van der Waals surface area contributed by atoms with Crippen molar-refractivity contribution in [2.24, 2.45) is 5.92 Å². The van der Waals surface area contributed by atoms with Crippen LogP contribution in [-0.4, -0.2) is 48.2 Å². The zero-order chi connectivity index (χ0) is 24.9. The smallest absolute Gasteiger partial charge is 0.407 e. The number of fused-ring (bicyclic) bond motifs is 3. The number of halogens is 2. The molecule has 35 heavy (non-hydrogen) atoms. The van der Waals surface area contributed by atoms with Crippen LogP contribution in [0.1, 0.15) is 49.1 Å². The van der Waals surface area contributed by atoms with Crippen molar-refractivity contribution in [3.8, 4) is 11.1 Å². The average molecular weight is 487 g/mol. The maximum atomic E-state index is 13.6. The lowest BCUT2D eigenvalue weighted by atomic mass is 9.84. The third kappa shape index (κ3) is 5.61. The number of carbonyl (C=O) groups excluding carboxylic acids is 2. The summed E-state index contributed by atoms with van der Waals surface area (Å²) in [6.45, 7) is -0.0373. The molecule has 0 bridgehead atoms. The van der Waals surface area contributed by atoms with E-state index in [1.54, 1.807) is 0 Å². The van der Waals surface area contributed by atoms with E-state index >= 15 is 0 Å². The zero-order valence-corrected chi connectivity index (χ0v) is 19.1. The quantitative estimate of drug-likeness (QED) is 0.516. The minimum Gasteiger partial charge on any atom is -0.481 e. The van der Waals surface area contributed by atoms with Gasteiger partial charge < -0.3 is 20.5 Å². The number of benzene rings is 2. The van der Waals surface area contributed by atoms with E-state index in [0.29, 0.717) is 12.8 Å². The van der Waals surface area contributed by atoms with Crippen LogP contribution >= 0.6 is 0 Å². The van der Waals surface area contributed by atoms with Crippen LogP contribution in [0.5, 0.6) is 0 Å². The van der Waals surface area contributed by atoms with E-state index in [2.05, 4.69) is 10.6 Å². The molecule has 2 amide bonds. The molecule has 0 saturated heterocycles. The summed E-state index contributed by atoms with van der Waals surface area (Å²) >= 11 is 0. The Labute approximate surface area is 201 Å². The van der Waals surface area contributed by atoms with Crippen LogP contribution in [0.2, 0.25) is 0 Å².